The maximum absolute atomic E-state index is 14.2. The van der Waals surface area contributed by atoms with Crippen molar-refractivity contribution >= 4 is 22.5 Å². The van der Waals surface area contributed by atoms with Crippen LogP contribution in [0.5, 0.6) is 5.75 Å². The summed E-state index contributed by atoms with van der Waals surface area (Å²) in [6, 6.07) is 10.6. The molecule has 0 aliphatic carbocycles. The van der Waals surface area contributed by atoms with Crippen LogP contribution < -0.4 is 21.3 Å². The third kappa shape index (κ3) is 8.27. The molecule has 3 aromatic rings. The monoisotopic (exact) mass is 552 g/mol. The van der Waals surface area contributed by atoms with Gasteiger partial charge in [-0.05, 0) is 56.0 Å². The Hall–Kier alpha value is -3.46. The van der Waals surface area contributed by atoms with E-state index in [1.807, 2.05) is 0 Å². The highest BCUT2D eigenvalue weighted by Crippen LogP contribution is 2.19. The number of guanidine groups is 1. The highest BCUT2D eigenvalue weighted by atomic mass is 19.1. The number of fused-ring (bicyclic) bond motifs is 1. The number of benzene rings is 2. The topological polar surface area (TPSA) is 97.8 Å². The molecule has 0 spiro atoms. The largest absolute Gasteiger partial charge is 0.497 e. The van der Waals surface area contributed by atoms with Crippen molar-refractivity contribution in [2.45, 2.75) is 78.9 Å². The Morgan fingerprint density at radius 2 is 1.80 bits per heavy atom. The first-order valence-corrected chi connectivity index (χ1v) is 14.4. The maximum atomic E-state index is 14.2. The lowest BCUT2D eigenvalue weighted by Gasteiger charge is -2.36. The van der Waals surface area contributed by atoms with Gasteiger partial charge in [-0.1, -0.05) is 46.1 Å². The third-order valence-corrected chi connectivity index (χ3v) is 7.55. The molecule has 2 aromatic carbocycles. The molecule has 2 atom stereocenters. The van der Waals surface area contributed by atoms with Crippen LogP contribution in [-0.4, -0.2) is 52.7 Å². The molecule has 40 heavy (non-hydrogen) atoms. The molecule has 8 nitrogen and oxygen atoms in total. The first-order valence-electron chi connectivity index (χ1n) is 14.4. The van der Waals surface area contributed by atoms with Crippen LogP contribution in [0.3, 0.4) is 0 Å². The number of ether oxygens (including phenoxy) is 1. The maximum Gasteiger partial charge on any atom is 0.261 e. The molecule has 0 bridgehead atoms. The van der Waals surface area contributed by atoms with E-state index in [-0.39, 0.29) is 11.4 Å². The fourth-order valence-electron chi connectivity index (χ4n) is 5.06. The molecule has 1 aromatic heterocycles. The second-order valence-corrected chi connectivity index (χ2v) is 10.6. The molecular formula is C31H45FN6O2. The molecule has 0 amide bonds. The van der Waals surface area contributed by atoms with E-state index in [0.717, 1.165) is 19.0 Å². The summed E-state index contributed by atoms with van der Waals surface area (Å²) in [5, 5.41) is 3.95. The quantitative estimate of drug-likeness (QED) is 0.293. The summed E-state index contributed by atoms with van der Waals surface area (Å²) < 4.78 is 20.7. The standard InChI is InChI=1S/C24H29FN6O2.C7H16/c1-15-12-31(13-16(2)28-15)24(26)29-18-5-7-20-22(10-18)27-14-30(23(20)32)9-8-17-4-6-19(33-3)11-21(17)25;1-4-7(5-2)6-3/h4-7,10-11,14-16,28H,8-9,12-13H2,1-3H3,(H2,26,29);7H,4-6H2,1-3H3/t15-,16+;. The number of hydrogen-bond donors (Lipinski definition) is 2. The number of aliphatic imine (C=N–C) groups is 1. The van der Waals surface area contributed by atoms with Crippen molar-refractivity contribution in [2.75, 3.05) is 20.2 Å². The number of piperazine rings is 1. The summed E-state index contributed by atoms with van der Waals surface area (Å²) >= 11 is 0. The second kappa shape index (κ2) is 14.8. The van der Waals surface area contributed by atoms with Crippen LogP contribution in [0, 0.1) is 11.7 Å². The van der Waals surface area contributed by atoms with Crippen LogP contribution >= 0.6 is 0 Å². The summed E-state index contributed by atoms with van der Waals surface area (Å²) in [5.74, 6) is 1.54. The van der Waals surface area contributed by atoms with Gasteiger partial charge >= 0.3 is 0 Å². The third-order valence-electron chi connectivity index (χ3n) is 7.55. The van der Waals surface area contributed by atoms with Gasteiger partial charge in [-0.15, -0.1) is 0 Å². The number of rotatable bonds is 8. The predicted molar refractivity (Wildman–Crippen MR) is 162 cm³/mol. The van der Waals surface area contributed by atoms with Crippen molar-refractivity contribution in [1.82, 2.24) is 19.8 Å². The average Bonchev–Trinajstić information content (AvgIpc) is 2.94. The number of nitrogens with zero attached hydrogens (tertiary/aromatic N) is 4. The average molecular weight is 553 g/mol. The summed E-state index contributed by atoms with van der Waals surface area (Å²) in [7, 11) is 1.49. The van der Waals surface area contributed by atoms with Crippen molar-refractivity contribution in [1.29, 1.82) is 0 Å². The van der Waals surface area contributed by atoms with E-state index in [9.17, 15) is 9.18 Å². The first kappa shape index (κ1) is 31.1. The SMILES string of the molecule is CCC(CC)CC.COc1ccc(CCn2cnc3cc(N=C(N)N4C[C@@H](C)N[C@@H](C)C4)ccc3c2=O)c(F)c1. The lowest BCUT2D eigenvalue weighted by molar-refractivity contribution is 0.253. The molecule has 1 aliphatic heterocycles. The molecule has 2 heterocycles. The van der Waals surface area contributed by atoms with Gasteiger partial charge in [-0.25, -0.2) is 14.4 Å². The fraction of sp³-hybridized carbons (Fsp3) is 0.516. The minimum atomic E-state index is -0.357. The number of aromatic nitrogens is 2. The van der Waals surface area contributed by atoms with E-state index >= 15 is 0 Å². The lowest BCUT2D eigenvalue weighted by atomic mass is 10.0. The molecule has 9 heteroatoms. The number of halogens is 1. The van der Waals surface area contributed by atoms with Gasteiger partial charge in [0.2, 0.25) is 0 Å². The van der Waals surface area contributed by atoms with Gasteiger partial charge in [0.25, 0.3) is 5.56 Å². The Balaban J connectivity index is 0.000000559. The van der Waals surface area contributed by atoms with E-state index in [2.05, 4.69) is 54.8 Å². The van der Waals surface area contributed by atoms with Gasteiger partial charge in [0.15, 0.2) is 5.96 Å². The number of nitrogens with one attached hydrogen (secondary N) is 1. The van der Waals surface area contributed by atoms with Crippen molar-refractivity contribution in [2.24, 2.45) is 16.6 Å². The smallest absolute Gasteiger partial charge is 0.261 e. The Labute approximate surface area is 237 Å². The van der Waals surface area contributed by atoms with Crippen molar-refractivity contribution < 1.29 is 9.13 Å². The molecule has 1 saturated heterocycles. The Bertz CT molecular complexity index is 1320. The predicted octanol–water partition coefficient (Wildman–Crippen LogP) is 5.25. The summed E-state index contributed by atoms with van der Waals surface area (Å²) in [6.07, 6.45) is 5.92. The molecule has 0 radical (unpaired) electrons. The van der Waals surface area contributed by atoms with Crippen LogP contribution in [0.1, 0.15) is 59.4 Å². The van der Waals surface area contributed by atoms with Crippen molar-refractivity contribution in [3.63, 3.8) is 0 Å². The number of aryl methyl sites for hydroxylation is 2. The molecule has 3 N–H and O–H groups in total. The van der Waals surface area contributed by atoms with Crippen molar-refractivity contribution in [3.05, 3.63) is 64.5 Å². The Morgan fingerprint density at radius 1 is 1.12 bits per heavy atom. The van der Waals surface area contributed by atoms with Crippen LogP contribution in [0.4, 0.5) is 10.1 Å². The zero-order chi connectivity index (χ0) is 29.2. The van der Waals surface area contributed by atoms with E-state index in [1.165, 1.54) is 43.3 Å². The van der Waals surface area contributed by atoms with Gasteiger partial charge in [0.1, 0.15) is 11.6 Å². The van der Waals surface area contributed by atoms with Gasteiger partial charge in [-0.3, -0.25) is 9.36 Å². The number of nitrogens with two attached hydrogens (primary N) is 1. The van der Waals surface area contributed by atoms with E-state index < -0.39 is 0 Å². The van der Waals surface area contributed by atoms with E-state index in [0.29, 0.717) is 58.9 Å². The second-order valence-electron chi connectivity index (χ2n) is 10.6. The summed E-state index contributed by atoms with van der Waals surface area (Å²) in [5.41, 5.74) is 7.77. The van der Waals surface area contributed by atoms with E-state index in [1.54, 1.807) is 30.3 Å². The molecule has 1 fully saturated rings. The molecule has 1 aliphatic rings. The first-order chi connectivity index (χ1) is 19.2. The Morgan fingerprint density at radius 3 is 2.38 bits per heavy atom. The minimum absolute atomic E-state index is 0.179. The van der Waals surface area contributed by atoms with Crippen LogP contribution in [0.2, 0.25) is 0 Å². The minimum Gasteiger partial charge on any atom is -0.497 e. The lowest BCUT2D eigenvalue weighted by Crippen LogP contribution is -2.57. The van der Waals surface area contributed by atoms with Gasteiger partial charge in [0, 0.05) is 37.8 Å². The van der Waals surface area contributed by atoms with Crippen LogP contribution in [-0.2, 0) is 13.0 Å². The zero-order valence-corrected chi connectivity index (χ0v) is 24.8. The highest BCUT2D eigenvalue weighted by molar-refractivity contribution is 5.85. The van der Waals surface area contributed by atoms with E-state index in [4.69, 9.17) is 10.5 Å². The fourth-order valence-corrected chi connectivity index (χ4v) is 5.06. The number of methoxy groups -OCH3 is 1. The molecule has 218 valence electrons. The molecule has 0 unspecified atom stereocenters. The molecular weight excluding hydrogens is 507 g/mol. The summed E-state index contributed by atoms with van der Waals surface area (Å²) in [6.45, 7) is 12.9. The summed E-state index contributed by atoms with van der Waals surface area (Å²) in [4.78, 5) is 23.9. The number of hydrogen-bond acceptors (Lipinski definition) is 5. The van der Waals surface area contributed by atoms with Gasteiger partial charge < -0.3 is 20.7 Å². The van der Waals surface area contributed by atoms with Gasteiger partial charge in [0.05, 0.1) is 30.0 Å². The molecule has 0 saturated carbocycles. The van der Waals surface area contributed by atoms with Crippen LogP contribution in [0.15, 0.2) is 52.5 Å². The zero-order valence-electron chi connectivity index (χ0n) is 24.8. The Kier molecular flexibility index (Phi) is 11.5. The van der Waals surface area contributed by atoms with Crippen LogP contribution in [0.25, 0.3) is 10.9 Å². The molecule has 4 rings (SSSR count). The van der Waals surface area contributed by atoms with Crippen molar-refractivity contribution in [3.8, 4) is 5.75 Å². The highest BCUT2D eigenvalue weighted by Gasteiger charge is 2.22. The van der Waals surface area contributed by atoms with Gasteiger partial charge in [-0.2, -0.15) is 0 Å². The normalized spacial score (nSPS) is 17.6.